The Labute approximate surface area is 112 Å². The van der Waals surface area contributed by atoms with Gasteiger partial charge in [-0.25, -0.2) is 0 Å². The molecule has 0 heterocycles. The third-order valence-corrected chi connectivity index (χ3v) is 3.55. The van der Waals surface area contributed by atoms with Crippen molar-refractivity contribution in [1.29, 1.82) is 0 Å². The average molecular weight is 268 g/mol. The van der Waals surface area contributed by atoms with E-state index in [1.54, 1.807) is 6.07 Å². The molecule has 5 heteroatoms. The molecule has 1 fully saturated rings. The molecule has 0 spiro atoms. The zero-order chi connectivity index (χ0) is 13.1. The summed E-state index contributed by atoms with van der Waals surface area (Å²) in [4.78, 5) is 2.27. The van der Waals surface area contributed by atoms with E-state index in [2.05, 4.69) is 17.0 Å². The summed E-state index contributed by atoms with van der Waals surface area (Å²) in [7, 11) is 0. The Bertz CT molecular complexity index is 458. The van der Waals surface area contributed by atoms with Crippen molar-refractivity contribution in [3.8, 4) is 0 Å². The molecule has 0 radical (unpaired) electrons. The van der Waals surface area contributed by atoms with E-state index < -0.39 is 0 Å². The van der Waals surface area contributed by atoms with Gasteiger partial charge in [-0.05, 0) is 43.9 Å². The minimum atomic E-state index is 0.0775. The van der Waals surface area contributed by atoms with E-state index >= 15 is 0 Å². The second-order valence-corrected chi connectivity index (χ2v) is 5.04. The highest BCUT2D eigenvalue weighted by Crippen LogP contribution is 2.34. The van der Waals surface area contributed by atoms with Gasteiger partial charge in [0, 0.05) is 18.7 Å². The van der Waals surface area contributed by atoms with Gasteiger partial charge < -0.3 is 15.8 Å². The fourth-order valence-electron chi connectivity index (χ4n) is 1.99. The Morgan fingerprint density at radius 1 is 1.56 bits per heavy atom. The second-order valence-electron chi connectivity index (χ2n) is 4.63. The highest BCUT2D eigenvalue weighted by atomic mass is 35.5. The predicted molar refractivity (Wildman–Crippen MR) is 74.6 cm³/mol. The molecule has 0 aromatic heterocycles. The van der Waals surface area contributed by atoms with Gasteiger partial charge in [0.15, 0.2) is 5.84 Å². The van der Waals surface area contributed by atoms with E-state index in [-0.39, 0.29) is 5.84 Å². The molecule has 1 saturated carbocycles. The molecule has 0 aliphatic heterocycles. The lowest BCUT2D eigenvalue weighted by atomic mass is 10.1. The molecular formula is C13H18ClN3O. The summed E-state index contributed by atoms with van der Waals surface area (Å²) in [5, 5.41) is 12.3. The number of hydrogen-bond donors (Lipinski definition) is 2. The SMILES string of the molecule is CCN(CC1CC1)c1ccc(C(N)=NO)cc1Cl. The lowest BCUT2D eigenvalue weighted by Crippen LogP contribution is -2.25. The molecular weight excluding hydrogens is 250 g/mol. The summed E-state index contributed by atoms with van der Waals surface area (Å²) in [6, 6.07) is 5.49. The quantitative estimate of drug-likeness (QED) is 0.373. The third kappa shape index (κ3) is 2.88. The maximum atomic E-state index is 8.64. The molecule has 1 aliphatic rings. The molecule has 1 aromatic rings. The van der Waals surface area contributed by atoms with Crippen molar-refractivity contribution in [2.45, 2.75) is 19.8 Å². The smallest absolute Gasteiger partial charge is 0.170 e. The average Bonchev–Trinajstić information content (AvgIpc) is 3.19. The number of anilines is 1. The molecule has 98 valence electrons. The lowest BCUT2D eigenvalue weighted by molar-refractivity contribution is 0.318. The van der Waals surface area contributed by atoms with Gasteiger partial charge in [-0.15, -0.1) is 0 Å². The van der Waals surface area contributed by atoms with Crippen LogP contribution >= 0.6 is 11.6 Å². The van der Waals surface area contributed by atoms with Crippen molar-refractivity contribution >= 4 is 23.1 Å². The largest absolute Gasteiger partial charge is 0.409 e. The van der Waals surface area contributed by atoms with E-state index in [0.29, 0.717) is 10.6 Å². The first-order chi connectivity index (χ1) is 8.65. The van der Waals surface area contributed by atoms with Crippen LogP contribution in [-0.2, 0) is 0 Å². The van der Waals surface area contributed by atoms with Crippen molar-refractivity contribution in [3.63, 3.8) is 0 Å². The van der Waals surface area contributed by atoms with E-state index in [1.165, 1.54) is 12.8 Å². The minimum absolute atomic E-state index is 0.0775. The highest BCUT2D eigenvalue weighted by Gasteiger charge is 2.24. The number of amidine groups is 1. The van der Waals surface area contributed by atoms with Gasteiger partial charge in [0.25, 0.3) is 0 Å². The maximum Gasteiger partial charge on any atom is 0.170 e. The number of nitrogens with zero attached hydrogens (tertiary/aromatic N) is 2. The van der Waals surface area contributed by atoms with Gasteiger partial charge in [0.1, 0.15) is 0 Å². The number of oxime groups is 1. The standard InChI is InChI=1S/C13H18ClN3O/c1-2-17(8-9-3-4-9)12-6-5-10(7-11(12)14)13(15)16-18/h5-7,9,18H,2-4,8H2,1H3,(H2,15,16). The van der Waals surface area contributed by atoms with E-state index in [1.807, 2.05) is 12.1 Å². The van der Waals surface area contributed by atoms with Crippen molar-refractivity contribution in [1.82, 2.24) is 0 Å². The van der Waals surface area contributed by atoms with Crippen LogP contribution < -0.4 is 10.6 Å². The first-order valence-electron chi connectivity index (χ1n) is 6.18. The fourth-order valence-corrected chi connectivity index (χ4v) is 2.29. The number of benzene rings is 1. The van der Waals surface area contributed by atoms with E-state index in [0.717, 1.165) is 24.7 Å². The Hall–Kier alpha value is -1.42. The zero-order valence-corrected chi connectivity index (χ0v) is 11.2. The first-order valence-corrected chi connectivity index (χ1v) is 6.56. The summed E-state index contributed by atoms with van der Waals surface area (Å²) in [6.07, 6.45) is 2.63. The third-order valence-electron chi connectivity index (χ3n) is 3.25. The van der Waals surface area contributed by atoms with Crippen LogP contribution in [0.1, 0.15) is 25.3 Å². The summed E-state index contributed by atoms with van der Waals surface area (Å²) < 4.78 is 0. The van der Waals surface area contributed by atoms with Crippen LogP contribution in [0, 0.1) is 5.92 Å². The molecule has 2 rings (SSSR count). The van der Waals surface area contributed by atoms with Gasteiger partial charge >= 0.3 is 0 Å². The van der Waals surface area contributed by atoms with Gasteiger partial charge in [-0.1, -0.05) is 16.8 Å². The Morgan fingerprint density at radius 2 is 2.28 bits per heavy atom. The van der Waals surface area contributed by atoms with Crippen molar-refractivity contribution in [2.24, 2.45) is 16.8 Å². The molecule has 0 amide bonds. The molecule has 18 heavy (non-hydrogen) atoms. The number of hydrogen-bond acceptors (Lipinski definition) is 3. The molecule has 0 atom stereocenters. The van der Waals surface area contributed by atoms with Crippen molar-refractivity contribution in [3.05, 3.63) is 28.8 Å². The van der Waals surface area contributed by atoms with Gasteiger partial charge in [-0.3, -0.25) is 0 Å². The van der Waals surface area contributed by atoms with Crippen LogP contribution in [0.4, 0.5) is 5.69 Å². The maximum absolute atomic E-state index is 8.64. The monoisotopic (exact) mass is 267 g/mol. The van der Waals surface area contributed by atoms with Gasteiger partial charge in [0.2, 0.25) is 0 Å². The van der Waals surface area contributed by atoms with Crippen molar-refractivity contribution < 1.29 is 5.21 Å². The summed E-state index contributed by atoms with van der Waals surface area (Å²) >= 11 is 6.27. The number of rotatable bonds is 5. The number of halogens is 1. The Kier molecular flexibility index (Phi) is 3.97. The van der Waals surface area contributed by atoms with Crippen LogP contribution in [-0.4, -0.2) is 24.1 Å². The van der Waals surface area contributed by atoms with Crippen LogP contribution in [0.25, 0.3) is 0 Å². The molecule has 3 N–H and O–H groups in total. The van der Waals surface area contributed by atoms with Gasteiger partial charge in [-0.2, -0.15) is 0 Å². The molecule has 0 unspecified atom stereocenters. The molecule has 4 nitrogen and oxygen atoms in total. The van der Waals surface area contributed by atoms with Crippen LogP contribution in [0.2, 0.25) is 5.02 Å². The van der Waals surface area contributed by atoms with Crippen LogP contribution in [0.3, 0.4) is 0 Å². The molecule has 0 bridgehead atoms. The lowest BCUT2D eigenvalue weighted by Gasteiger charge is -2.24. The first kappa shape index (κ1) is 13.0. The Balaban J connectivity index is 2.21. The molecule has 0 saturated heterocycles. The Morgan fingerprint density at radius 3 is 2.78 bits per heavy atom. The van der Waals surface area contributed by atoms with Crippen LogP contribution in [0.15, 0.2) is 23.4 Å². The van der Waals surface area contributed by atoms with E-state index in [4.69, 9.17) is 22.5 Å². The molecule has 1 aromatic carbocycles. The minimum Gasteiger partial charge on any atom is -0.409 e. The normalized spacial score (nSPS) is 15.8. The second kappa shape index (κ2) is 5.48. The fraction of sp³-hybridized carbons (Fsp3) is 0.462. The van der Waals surface area contributed by atoms with E-state index in [9.17, 15) is 0 Å². The topological polar surface area (TPSA) is 61.8 Å². The summed E-state index contributed by atoms with van der Waals surface area (Å²) in [5.74, 6) is 0.887. The number of nitrogens with two attached hydrogens (primary N) is 1. The summed E-state index contributed by atoms with van der Waals surface area (Å²) in [5.41, 5.74) is 7.19. The zero-order valence-electron chi connectivity index (χ0n) is 10.4. The molecule has 1 aliphatic carbocycles. The van der Waals surface area contributed by atoms with Crippen LogP contribution in [0.5, 0.6) is 0 Å². The van der Waals surface area contributed by atoms with Gasteiger partial charge in [0.05, 0.1) is 10.7 Å². The van der Waals surface area contributed by atoms with Crippen molar-refractivity contribution in [2.75, 3.05) is 18.0 Å². The predicted octanol–water partition coefficient (Wildman–Crippen LogP) is 2.67. The summed E-state index contributed by atoms with van der Waals surface area (Å²) in [6.45, 7) is 4.11. The highest BCUT2D eigenvalue weighted by molar-refractivity contribution is 6.33.